The third-order valence-corrected chi connectivity index (χ3v) is 7.65. The Labute approximate surface area is 138 Å². The Kier molecular flexibility index (Phi) is 3.12. The van der Waals surface area contributed by atoms with Gasteiger partial charge in [-0.2, -0.15) is 13.2 Å². The molecule has 0 aromatic heterocycles. The van der Waals surface area contributed by atoms with Gasteiger partial charge in [-0.3, -0.25) is 9.59 Å². The Morgan fingerprint density at radius 2 is 1.79 bits per heavy atom. The molecule has 0 aliphatic heterocycles. The van der Waals surface area contributed by atoms with Crippen LogP contribution in [0.5, 0.6) is 0 Å². The predicted molar refractivity (Wildman–Crippen MR) is 78.8 cm³/mol. The zero-order chi connectivity index (χ0) is 17.6. The minimum absolute atomic E-state index is 0.0269. The third-order valence-electron chi connectivity index (χ3n) is 7.65. The molecular weight excluding hydrogens is 321 g/mol. The number of rotatable bonds is 3. The van der Waals surface area contributed by atoms with Crippen LogP contribution in [0.4, 0.5) is 13.2 Å². The molecule has 4 bridgehead atoms. The van der Waals surface area contributed by atoms with Crippen LogP contribution in [0.1, 0.15) is 32.6 Å². The van der Waals surface area contributed by atoms with E-state index in [4.69, 9.17) is 0 Å². The lowest BCUT2D eigenvalue weighted by Gasteiger charge is -2.45. The normalized spacial score (nSPS) is 48.6. The number of allylic oxidation sites excluding steroid dienone is 1. The monoisotopic (exact) mass is 342 g/mol. The zero-order valence-electron chi connectivity index (χ0n) is 13.5. The van der Waals surface area contributed by atoms with Gasteiger partial charge in [0.2, 0.25) is 0 Å². The minimum Gasteiger partial charge on any atom is -0.481 e. The molecule has 4 rings (SSSR count). The number of hydrogen-bond donors (Lipinski definition) is 1. The summed E-state index contributed by atoms with van der Waals surface area (Å²) in [6.45, 7) is 4.65. The lowest BCUT2D eigenvalue weighted by molar-refractivity contribution is -0.147. The van der Waals surface area contributed by atoms with Crippen molar-refractivity contribution < 1.29 is 27.9 Å². The standard InChI is InChI=1S/C18H21F3O3/c1-7(18(19,20)21)15(22)17(2)6-9-5-12(17)14-10-3-8(13(9)14)4-11(10)16(23)24/h8-14H,1,3-6H2,2H3,(H,23,24). The van der Waals surface area contributed by atoms with Crippen molar-refractivity contribution in [2.24, 2.45) is 46.8 Å². The van der Waals surface area contributed by atoms with Gasteiger partial charge >= 0.3 is 12.1 Å². The molecule has 0 heterocycles. The summed E-state index contributed by atoms with van der Waals surface area (Å²) in [7, 11) is 0. The summed E-state index contributed by atoms with van der Waals surface area (Å²) in [5, 5.41) is 9.43. The number of carboxylic acid groups (broad SMARTS) is 1. The summed E-state index contributed by atoms with van der Waals surface area (Å²) in [5.41, 5.74) is -2.29. The molecule has 3 nitrogen and oxygen atoms in total. The molecule has 8 atom stereocenters. The summed E-state index contributed by atoms with van der Waals surface area (Å²) in [5.74, 6) is -1.02. The molecule has 0 saturated heterocycles. The van der Waals surface area contributed by atoms with E-state index in [1.54, 1.807) is 6.92 Å². The highest BCUT2D eigenvalue weighted by atomic mass is 19.4. The maximum Gasteiger partial charge on any atom is 0.419 e. The number of aliphatic carboxylic acids is 1. The van der Waals surface area contributed by atoms with Crippen molar-refractivity contribution in [1.82, 2.24) is 0 Å². The van der Waals surface area contributed by atoms with Crippen LogP contribution in [0, 0.1) is 46.8 Å². The van der Waals surface area contributed by atoms with Gasteiger partial charge in [-0.05, 0) is 61.2 Å². The molecule has 8 unspecified atom stereocenters. The largest absolute Gasteiger partial charge is 0.481 e. The molecule has 4 fully saturated rings. The molecule has 4 aliphatic rings. The van der Waals surface area contributed by atoms with Crippen LogP contribution in [0.2, 0.25) is 0 Å². The van der Waals surface area contributed by atoms with E-state index < -0.39 is 28.9 Å². The van der Waals surface area contributed by atoms with E-state index in [2.05, 4.69) is 6.58 Å². The maximum absolute atomic E-state index is 13.0. The topological polar surface area (TPSA) is 54.4 Å². The van der Waals surface area contributed by atoms with E-state index in [0.717, 1.165) is 12.8 Å². The van der Waals surface area contributed by atoms with Crippen molar-refractivity contribution >= 4 is 11.8 Å². The summed E-state index contributed by atoms with van der Waals surface area (Å²) in [4.78, 5) is 24.1. The first kappa shape index (κ1) is 16.2. The molecule has 132 valence electrons. The van der Waals surface area contributed by atoms with Gasteiger partial charge in [0.1, 0.15) is 0 Å². The Balaban J connectivity index is 1.64. The molecule has 0 aromatic carbocycles. The molecule has 0 spiro atoms. The number of Topliss-reactive ketones (excluding diaryl/α,β-unsaturated/α-hetero) is 1. The molecule has 4 saturated carbocycles. The molecule has 4 aliphatic carbocycles. The molecular formula is C18H21F3O3. The van der Waals surface area contributed by atoms with Crippen molar-refractivity contribution in [3.05, 3.63) is 12.2 Å². The number of carbonyl (C=O) groups is 2. The van der Waals surface area contributed by atoms with Crippen LogP contribution in [0.25, 0.3) is 0 Å². The zero-order valence-corrected chi connectivity index (χ0v) is 13.5. The number of fused-ring (bicyclic) bond motifs is 9. The van der Waals surface area contributed by atoms with Gasteiger partial charge in [0, 0.05) is 5.41 Å². The number of carbonyl (C=O) groups excluding carboxylic acids is 1. The number of halogens is 3. The van der Waals surface area contributed by atoms with Gasteiger partial charge in [0.15, 0.2) is 5.78 Å². The second kappa shape index (κ2) is 4.64. The summed E-state index contributed by atoms with van der Waals surface area (Å²) in [6, 6.07) is 0. The number of ketones is 1. The molecule has 0 amide bonds. The average Bonchev–Trinajstić information content (AvgIpc) is 3.20. The van der Waals surface area contributed by atoms with Crippen molar-refractivity contribution in [2.45, 2.75) is 38.8 Å². The molecule has 6 heteroatoms. The Morgan fingerprint density at radius 3 is 2.38 bits per heavy atom. The SMILES string of the molecule is C=C(C(=O)C1(C)CC2CC1C1C3CC(CC3C(=O)O)C21)C(F)(F)F. The second-order valence-corrected chi connectivity index (χ2v) is 8.52. The first-order valence-corrected chi connectivity index (χ1v) is 8.59. The summed E-state index contributed by atoms with van der Waals surface area (Å²) in [6.07, 6.45) is -1.87. The van der Waals surface area contributed by atoms with Gasteiger partial charge in [0.25, 0.3) is 0 Å². The first-order chi connectivity index (χ1) is 11.1. The van der Waals surface area contributed by atoms with Gasteiger partial charge in [0.05, 0.1) is 11.5 Å². The highest BCUT2D eigenvalue weighted by Crippen LogP contribution is 2.73. The van der Waals surface area contributed by atoms with Crippen LogP contribution >= 0.6 is 0 Å². The second-order valence-electron chi connectivity index (χ2n) is 8.52. The van der Waals surface area contributed by atoms with Crippen LogP contribution < -0.4 is 0 Å². The smallest absolute Gasteiger partial charge is 0.419 e. The van der Waals surface area contributed by atoms with Crippen molar-refractivity contribution in [1.29, 1.82) is 0 Å². The molecule has 24 heavy (non-hydrogen) atoms. The van der Waals surface area contributed by atoms with Crippen molar-refractivity contribution in [3.8, 4) is 0 Å². The number of alkyl halides is 3. The van der Waals surface area contributed by atoms with E-state index in [-0.39, 0.29) is 29.6 Å². The molecule has 0 aromatic rings. The minimum atomic E-state index is -4.69. The van der Waals surface area contributed by atoms with Crippen LogP contribution in [0.3, 0.4) is 0 Å². The summed E-state index contributed by atoms with van der Waals surface area (Å²) < 4.78 is 38.9. The van der Waals surface area contributed by atoms with Crippen LogP contribution in [0.15, 0.2) is 12.2 Å². The fraction of sp³-hybridized carbons (Fsp3) is 0.778. The fourth-order valence-electron chi connectivity index (χ4n) is 6.98. The van der Waals surface area contributed by atoms with E-state index in [9.17, 15) is 27.9 Å². The lowest BCUT2D eigenvalue weighted by atomic mass is 9.58. The average molecular weight is 342 g/mol. The Hall–Kier alpha value is -1.33. The lowest BCUT2D eigenvalue weighted by Crippen LogP contribution is -2.46. The highest BCUT2D eigenvalue weighted by molar-refractivity contribution is 6.00. The summed E-state index contributed by atoms with van der Waals surface area (Å²) >= 11 is 0. The van der Waals surface area contributed by atoms with E-state index in [1.807, 2.05) is 0 Å². The van der Waals surface area contributed by atoms with Crippen molar-refractivity contribution in [3.63, 3.8) is 0 Å². The van der Waals surface area contributed by atoms with Crippen LogP contribution in [-0.2, 0) is 9.59 Å². The van der Waals surface area contributed by atoms with Gasteiger partial charge in [-0.1, -0.05) is 13.5 Å². The quantitative estimate of drug-likeness (QED) is 0.629. The molecule has 0 radical (unpaired) electrons. The number of carboxylic acids is 1. The van der Waals surface area contributed by atoms with Gasteiger partial charge in [-0.15, -0.1) is 0 Å². The maximum atomic E-state index is 13.0. The van der Waals surface area contributed by atoms with Gasteiger partial charge in [-0.25, -0.2) is 0 Å². The van der Waals surface area contributed by atoms with Crippen molar-refractivity contribution in [2.75, 3.05) is 0 Å². The van der Waals surface area contributed by atoms with E-state index >= 15 is 0 Å². The Morgan fingerprint density at radius 1 is 1.12 bits per heavy atom. The number of hydrogen-bond acceptors (Lipinski definition) is 2. The highest BCUT2D eigenvalue weighted by Gasteiger charge is 2.70. The first-order valence-electron chi connectivity index (χ1n) is 8.59. The van der Waals surface area contributed by atoms with Crippen LogP contribution in [-0.4, -0.2) is 23.0 Å². The third kappa shape index (κ3) is 1.85. The Bertz CT molecular complexity index is 640. The van der Waals surface area contributed by atoms with Gasteiger partial charge < -0.3 is 5.11 Å². The molecule has 1 N–H and O–H groups in total. The van der Waals surface area contributed by atoms with E-state index in [1.165, 1.54) is 0 Å². The predicted octanol–water partition coefficient (Wildman–Crippen LogP) is 3.69. The van der Waals surface area contributed by atoms with E-state index in [0.29, 0.717) is 24.7 Å². The fourth-order valence-corrected chi connectivity index (χ4v) is 6.98.